The van der Waals surface area contributed by atoms with Crippen molar-refractivity contribution in [2.24, 2.45) is 0 Å². The van der Waals surface area contributed by atoms with Gasteiger partial charge in [0.05, 0.1) is 0 Å². The zero-order valence-corrected chi connectivity index (χ0v) is 12.0. The summed E-state index contributed by atoms with van der Waals surface area (Å²) >= 11 is 1.71. The lowest BCUT2D eigenvalue weighted by Crippen LogP contribution is -2.27. The Morgan fingerprint density at radius 2 is 2.22 bits per heavy atom. The number of nitrogens with one attached hydrogen (secondary N) is 2. The molecule has 2 N–H and O–H groups in total. The maximum Gasteiger partial charge on any atom is 0.193 e. The lowest BCUT2D eigenvalue weighted by atomic mass is 10.3. The van der Waals surface area contributed by atoms with E-state index in [0.29, 0.717) is 6.04 Å². The van der Waals surface area contributed by atoms with Gasteiger partial charge < -0.3 is 10.6 Å². The van der Waals surface area contributed by atoms with Crippen LogP contribution < -0.4 is 10.6 Å². The van der Waals surface area contributed by atoms with Gasteiger partial charge in [0.2, 0.25) is 0 Å². The average Bonchev–Trinajstić information content (AvgIpc) is 2.91. The maximum atomic E-state index is 4.28. The largest absolute Gasteiger partial charge is 0.316 e. The molecule has 0 aliphatic carbocycles. The number of imidazole rings is 1. The maximum absolute atomic E-state index is 4.28. The van der Waals surface area contributed by atoms with Crippen molar-refractivity contribution in [2.75, 3.05) is 19.6 Å². The third kappa shape index (κ3) is 3.80. The Morgan fingerprint density at radius 1 is 1.33 bits per heavy atom. The lowest BCUT2D eigenvalue weighted by Gasteiger charge is -2.08. The van der Waals surface area contributed by atoms with Gasteiger partial charge in [-0.05, 0) is 19.5 Å². The van der Waals surface area contributed by atoms with Gasteiger partial charge in [0.1, 0.15) is 0 Å². The molecule has 100 valence electrons. The zero-order valence-electron chi connectivity index (χ0n) is 11.1. The first-order valence-corrected chi connectivity index (χ1v) is 7.49. The Labute approximate surface area is 112 Å². The highest BCUT2D eigenvalue weighted by Gasteiger charge is 2.02. The van der Waals surface area contributed by atoms with Crippen LogP contribution in [0.3, 0.4) is 0 Å². The molecular formula is C13H22N4S. The van der Waals surface area contributed by atoms with Gasteiger partial charge in [-0.25, -0.2) is 4.98 Å². The highest BCUT2D eigenvalue weighted by Crippen LogP contribution is 2.14. The van der Waals surface area contributed by atoms with Crippen LogP contribution in [-0.4, -0.2) is 35.1 Å². The number of fused-ring (bicyclic) bond motifs is 1. The average molecular weight is 266 g/mol. The van der Waals surface area contributed by atoms with Gasteiger partial charge in [0, 0.05) is 42.5 Å². The van der Waals surface area contributed by atoms with E-state index in [1.807, 2.05) is 12.4 Å². The van der Waals surface area contributed by atoms with Crippen molar-refractivity contribution in [3.63, 3.8) is 0 Å². The number of thiazole rings is 1. The molecule has 2 aromatic heterocycles. The van der Waals surface area contributed by atoms with Crippen molar-refractivity contribution >= 4 is 16.3 Å². The van der Waals surface area contributed by atoms with Gasteiger partial charge in [0.25, 0.3) is 0 Å². The van der Waals surface area contributed by atoms with Crippen LogP contribution in [0.15, 0.2) is 17.8 Å². The van der Waals surface area contributed by atoms with E-state index < -0.39 is 0 Å². The summed E-state index contributed by atoms with van der Waals surface area (Å²) in [5.74, 6) is 0. The molecular weight excluding hydrogens is 244 g/mol. The highest BCUT2D eigenvalue weighted by atomic mass is 32.1. The van der Waals surface area contributed by atoms with E-state index in [4.69, 9.17) is 0 Å². The Balaban J connectivity index is 1.60. The van der Waals surface area contributed by atoms with Crippen molar-refractivity contribution in [2.45, 2.75) is 32.7 Å². The normalized spacial score (nSPS) is 11.7. The summed E-state index contributed by atoms with van der Waals surface area (Å²) in [5, 5.41) is 9.10. The number of nitrogens with zero attached hydrogens (tertiary/aromatic N) is 2. The molecule has 0 bridgehead atoms. The molecule has 0 amide bonds. The summed E-state index contributed by atoms with van der Waals surface area (Å²) in [6, 6.07) is 0.588. The van der Waals surface area contributed by atoms with Gasteiger partial charge in [0.15, 0.2) is 4.96 Å². The first-order chi connectivity index (χ1) is 8.77. The number of aromatic nitrogens is 2. The number of hydrogen-bond donors (Lipinski definition) is 2. The fraction of sp³-hybridized carbons (Fsp3) is 0.615. The fourth-order valence-electron chi connectivity index (χ4n) is 1.90. The van der Waals surface area contributed by atoms with Crippen LogP contribution in [0.2, 0.25) is 0 Å². The van der Waals surface area contributed by atoms with Crippen LogP contribution in [0.5, 0.6) is 0 Å². The van der Waals surface area contributed by atoms with Gasteiger partial charge in [-0.15, -0.1) is 11.3 Å². The van der Waals surface area contributed by atoms with E-state index in [1.54, 1.807) is 11.3 Å². The molecule has 0 atom stereocenters. The Bertz CT molecular complexity index is 460. The molecule has 18 heavy (non-hydrogen) atoms. The van der Waals surface area contributed by atoms with Gasteiger partial charge in [-0.1, -0.05) is 13.8 Å². The summed E-state index contributed by atoms with van der Waals surface area (Å²) in [7, 11) is 0. The van der Waals surface area contributed by atoms with Gasteiger partial charge in [-0.3, -0.25) is 4.40 Å². The second-order valence-electron chi connectivity index (χ2n) is 4.77. The van der Waals surface area contributed by atoms with Crippen LogP contribution in [0.4, 0.5) is 0 Å². The summed E-state index contributed by atoms with van der Waals surface area (Å²) in [4.78, 5) is 5.37. The monoisotopic (exact) mass is 266 g/mol. The zero-order chi connectivity index (χ0) is 12.8. The first kappa shape index (κ1) is 13.5. The minimum absolute atomic E-state index is 0.588. The first-order valence-electron chi connectivity index (χ1n) is 6.61. The second-order valence-corrected chi connectivity index (χ2v) is 5.61. The molecule has 5 heteroatoms. The molecule has 4 nitrogen and oxygen atoms in total. The van der Waals surface area contributed by atoms with E-state index in [-0.39, 0.29) is 0 Å². The summed E-state index contributed by atoms with van der Waals surface area (Å²) in [5.41, 5.74) is 1.35. The van der Waals surface area contributed by atoms with Crippen molar-refractivity contribution in [1.82, 2.24) is 20.0 Å². The smallest absolute Gasteiger partial charge is 0.193 e. The van der Waals surface area contributed by atoms with Crippen LogP contribution in [-0.2, 0) is 6.42 Å². The molecule has 0 saturated heterocycles. The second kappa shape index (κ2) is 6.87. The third-order valence-corrected chi connectivity index (χ3v) is 3.76. The van der Waals surface area contributed by atoms with E-state index in [9.17, 15) is 0 Å². The topological polar surface area (TPSA) is 41.4 Å². The predicted molar refractivity (Wildman–Crippen MR) is 77.4 cm³/mol. The van der Waals surface area contributed by atoms with Crippen LogP contribution in [0, 0.1) is 0 Å². The van der Waals surface area contributed by atoms with Gasteiger partial charge in [-0.2, -0.15) is 0 Å². The Morgan fingerprint density at radius 3 is 3.06 bits per heavy atom. The summed E-state index contributed by atoms with van der Waals surface area (Å²) < 4.78 is 2.17. The molecule has 2 aromatic rings. The van der Waals surface area contributed by atoms with E-state index in [1.165, 1.54) is 12.1 Å². The van der Waals surface area contributed by atoms with Crippen molar-refractivity contribution in [3.05, 3.63) is 23.5 Å². The molecule has 0 radical (unpaired) electrons. The molecule has 2 heterocycles. The minimum Gasteiger partial charge on any atom is -0.316 e. The highest BCUT2D eigenvalue weighted by molar-refractivity contribution is 7.15. The van der Waals surface area contributed by atoms with E-state index >= 15 is 0 Å². The Hall–Kier alpha value is -0.910. The molecule has 0 unspecified atom stereocenters. The fourth-order valence-corrected chi connectivity index (χ4v) is 2.78. The SMILES string of the molecule is CC(C)NCCCNCCc1csc2nccn12. The lowest BCUT2D eigenvalue weighted by molar-refractivity contribution is 0.547. The molecule has 0 aliphatic heterocycles. The predicted octanol–water partition coefficient (Wildman–Crippen LogP) is 1.92. The summed E-state index contributed by atoms with van der Waals surface area (Å²) in [6.07, 6.45) is 6.14. The minimum atomic E-state index is 0.588. The molecule has 0 aliphatic rings. The van der Waals surface area contributed by atoms with Crippen molar-refractivity contribution in [3.8, 4) is 0 Å². The molecule has 0 fully saturated rings. The summed E-state index contributed by atoms with van der Waals surface area (Å²) in [6.45, 7) is 7.57. The Kier molecular flexibility index (Phi) is 5.16. The van der Waals surface area contributed by atoms with E-state index in [0.717, 1.165) is 31.0 Å². The van der Waals surface area contributed by atoms with Crippen molar-refractivity contribution in [1.29, 1.82) is 0 Å². The molecule has 0 spiro atoms. The molecule has 0 aromatic carbocycles. The number of rotatable bonds is 8. The molecule has 0 saturated carbocycles. The third-order valence-electron chi connectivity index (χ3n) is 2.86. The van der Waals surface area contributed by atoms with Crippen LogP contribution in [0.1, 0.15) is 26.0 Å². The van der Waals surface area contributed by atoms with E-state index in [2.05, 4.69) is 39.2 Å². The van der Waals surface area contributed by atoms with Crippen molar-refractivity contribution < 1.29 is 0 Å². The standard InChI is InChI=1S/C13H22N4S/c1-11(2)15-6-3-5-14-7-4-12-10-18-13-16-8-9-17(12)13/h8-11,14-15H,3-7H2,1-2H3. The molecule has 2 rings (SSSR count). The quantitative estimate of drug-likeness (QED) is 0.717. The van der Waals surface area contributed by atoms with Crippen LogP contribution >= 0.6 is 11.3 Å². The number of hydrogen-bond acceptors (Lipinski definition) is 4. The van der Waals surface area contributed by atoms with Crippen LogP contribution in [0.25, 0.3) is 4.96 Å². The van der Waals surface area contributed by atoms with Gasteiger partial charge >= 0.3 is 0 Å².